The zero-order valence-corrected chi connectivity index (χ0v) is 17.6. The first-order valence-corrected chi connectivity index (χ1v) is 10.6. The Balaban J connectivity index is 1.54. The number of hydrogen-bond acceptors (Lipinski definition) is 5. The molecular formula is C26H23NO4. The van der Waals surface area contributed by atoms with Crippen LogP contribution in [-0.2, 0) is 19.4 Å². The Morgan fingerprint density at radius 1 is 0.968 bits per heavy atom. The van der Waals surface area contributed by atoms with Crippen molar-refractivity contribution in [2.75, 3.05) is 20.8 Å². The number of methoxy groups -OCH3 is 2. The van der Waals surface area contributed by atoms with Crippen LogP contribution in [0, 0.1) is 0 Å². The first-order valence-electron chi connectivity index (χ1n) is 10.6. The molecule has 2 aliphatic rings. The zero-order valence-electron chi connectivity index (χ0n) is 17.6. The highest BCUT2D eigenvalue weighted by Crippen LogP contribution is 2.43. The molecule has 0 bridgehead atoms. The zero-order chi connectivity index (χ0) is 21.1. The van der Waals surface area contributed by atoms with Gasteiger partial charge in [-0.2, -0.15) is 0 Å². The Bertz CT molecular complexity index is 1400. The quantitative estimate of drug-likeness (QED) is 0.355. The van der Waals surface area contributed by atoms with E-state index < -0.39 is 0 Å². The Morgan fingerprint density at radius 3 is 2.48 bits per heavy atom. The van der Waals surface area contributed by atoms with Crippen molar-refractivity contribution in [1.82, 2.24) is 4.90 Å². The van der Waals surface area contributed by atoms with Crippen molar-refractivity contribution in [1.29, 1.82) is 0 Å². The number of nitrogens with zero attached hydrogens (tertiary/aromatic N) is 1. The summed E-state index contributed by atoms with van der Waals surface area (Å²) < 4.78 is 16.9. The molecular weight excluding hydrogens is 390 g/mol. The van der Waals surface area contributed by atoms with Gasteiger partial charge in [0.1, 0.15) is 5.58 Å². The molecule has 31 heavy (non-hydrogen) atoms. The van der Waals surface area contributed by atoms with E-state index in [1.54, 1.807) is 14.2 Å². The molecule has 3 aromatic carbocycles. The minimum Gasteiger partial charge on any atom is -0.493 e. The second kappa shape index (κ2) is 6.86. The van der Waals surface area contributed by atoms with Crippen LogP contribution in [-0.4, -0.2) is 25.7 Å². The highest BCUT2D eigenvalue weighted by atomic mass is 16.5. The fourth-order valence-electron chi connectivity index (χ4n) is 5.28. The normalized spacial score (nSPS) is 17.8. The highest BCUT2D eigenvalue weighted by molar-refractivity contribution is 5.97. The molecule has 2 aliphatic heterocycles. The van der Waals surface area contributed by atoms with Crippen molar-refractivity contribution in [3.8, 4) is 11.5 Å². The van der Waals surface area contributed by atoms with E-state index in [0.29, 0.717) is 12.1 Å². The van der Waals surface area contributed by atoms with E-state index in [4.69, 9.17) is 13.9 Å². The van der Waals surface area contributed by atoms with Crippen LogP contribution in [0.5, 0.6) is 11.5 Å². The Labute approximate surface area is 179 Å². The van der Waals surface area contributed by atoms with E-state index in [1.165, 1.54) is 11.1 Å². The lowest BCUT2D eigenvalue weighted by atomic mass is 9.83. The van der Waals surface area contributed by atoms with Crippen molar-refractivity contribution in [2.45, 2.75) is 25.4 Å². The van der Waals surface area contributed by atoms with Crippen LogP contribution in [0.15, 0.2) is 57.7 Å². The first-order chi connectivity index (χ1) is 15.2. The van der Waals surface area contributed by atoms with E-state index in [0.717, 1.165) is 58.2 Å². The molecule has 0 radical (unpaired) electrons. The number of benzene rings is 3. The smallest absolute Gasteiger partial charge is 0.341 e. The van der Waals surface area contributed by atoms with Gasteiger partial charge in [0.2, 0.25) is 0 Å². The summed E-state index contributed by atoms with van der Waals surface area (Å²) in [4.78, 5) is 15.3. The summed E-state index contributed by atoms with van der Waals surface area (Å²) in [5.74, 6) is 1.51. The van der Waals surface area contributed by atoms with E-state index in [9.17, 15) is 4.79 Å². The monoisotopic (exact) mass is 413 g/mol. The molecule has 0 N–H and O–H groups in total. The molecule has 6 rings (SSSR count). The number of rotatable bonds is 2. The molecule has 1 aromatic heterocycles. The van der Waals surface area contributed by atoms with Crippen molar-refractivity contribution in [2.24, 2.45) is 0 Å². The van der Waals surface area contributed by atoms with Crippen molar-refractivity contribution < 1.29 is 13.9 Å². The van der Waals surface area contributed by atoms with Gasteiger partial charge in [-0.15, -0.1) is 0 Å². The topological polar surface area (TPSA) is 51.9 Å². The average Bonchev–Trinajstić information content (AvgIpc) is 2.81. The molecule has 0 spiro atoms. The Kier molecular flexibility index (Phi) is 4.08. The largest absolute Gasteiger partial charge is 0.493 e. The lowest BCUT2D eigenvalue weighted by Gasteiger charge is -2.41. The number of hydrogen-bond donors (Lipinski definition) is 0. The maximum Gasteiger partial charge on any atom is 0.341 e. The second-order valence-electron chi connectivity index (χ2n) is 8.39. The van der Waals surface area contributed by atoms with Gasteiger partial charge in [0, 0.05) is 24.5 Å². The van der Waals surface area contributed by atoms with Gasteiger partial charge in [0.05, 0.1) is 19.8 Å². The summed E-state index contributed by atoms with van der Waals surface area (Å²) in [6, 6.07) is 16.8. The van der Waals surface area contributed by atoms with Crippen LogP contribution in [0.3, 0.4) is 0 Å². The van der Waals surface area contributed by atoms with E-state index in [-0.39, 0.29) is 11.7 Å². The third-order valence-electron chi connectivity index (χ3n) is 6.86. The van der Waals surface area contributed by atoms with E-state index in [2.05, 4.69) is 29.2 Å². The standard InChI is InChI=1S/C26H23NO4/c1-29-24-11-17-7-8-27-14-21-19(12-22(27)18(17)13-25(24)30-2)20-9-15-5-3-4-6-16(15)10-23(20)31-26(21)28/h3-6,9-11,13,22H,7-8,12,14H2,1-2H3. The van der Waals surface area contributed by atoms with Gasteiger partial charge in [-0.1, -0.05) is 24.3 Å². The molecule has 156 valence electrons. The fraction of sp³-hybridized carbons (Fsp3) is 0.269. The van der Waals surface area contributed by atoms with Gasteiger partial charge >= 0.3 is 5.63 Å². The Hall–Kier alpha value is -3.31. The molecule has 1 unspecified atom stereocenters. The predicted molar refractivity (Wildman–Crippen MR) is 120 cm³/mol. The number of fused-ring (bicyclic) bond motifs is 7. The number of ether oxygens (including phenoxy) is 2. The highest BCUT2D eigenvalue weighted by Gasteiger charge is 2.35. The molecule has 4 aromatic rings. The maximum atomic E-state index is 12.9. The van der Waals surface area contributed by atoms with Crippen molar-refractivity contribution >= 4 is 21.7 Å². The lowest BCUT2D eigenvalue weighted by Crippen LogP contribution is -2.41. The van der Waals surface area contributed by atoms with Crippen molar-refractivity contribution in [3.05, 3.63) is 81.2 Å². The summed E-state index contributed by atoms with van der Waals surface area (Å²) in [5.41, 5.74) is 4.91. The maximum absolute atomic E-state index is 12.9. The van der Waals surface area contributed by atoms with Crippen LogP contribution < -0.4 is 15.1 Å². The summed E-state index contributed by atoms with van der Waals surface area (Å²) in [5, 5.41) is 3.28. The van der Waals surface area contributed by atoms with Crippen molar-refractivity contribution in [3.63, 3.8) is 0 Å². The Morgan fingerprint density at radius 2 is 1.71 bits per heavy atom. The molecule has 0 aliphatic carbocycles. The van der Waals surface area contributed by atoms with E-state index in [1.807, 2.05) is 24.3 Å². The molecule has 0 saturated carbocycles. The predicted octanol–water partition coefficient (Wildman–Crippen LogP) is 4.62. The minimum atomic E-state index is -0.214. The van der Waals surface area contributed by atoms with Gasteiger partial charge in [-0.05, 0) is 64.6 Å². The van der Waals surface area contributed by atoms with Gasteiger partial charge < -0.3 is 13.9 Å². The first kappa shape index (κ1) is 18.5. The minimum absolute atomic E-state index is 0.201. The SMILES string of the molecule is COc1cc2c(cc1OC)C1Cc3c(c(=O)oc4cc5ccccc5cc34)CN1CC2. The third-order valence-corrected chi connectivity index (χ3v) is 6.86. The summed E-state index contributed by atoms with van der Waals surface area (Å²) in [7, 11) is 3.34. The van der Waals surface area contributed by atoms with Crippen LogP contribution in [0.25, 0.3) is 21.7 Å². The second-order valence-corrected chi connectivity index (χ2v) is 8.39. The summed E-state index contributed by atoms with van der Waals surface area (Å²) in [6.45, 7) is 1.51. The van der Waals surface area contributed by atoms with Crippen LogP contribution in [0.2, 0.25) is 0 Å². The van der Waals surface area contributed by atoms with E-state index >= 15 is 0 Å². The summed E-state index contributed by atoms with van der Waals surface area (Å²) in [6.07, 6.45) is 1.70. The van der Waals surface area contributed by atoms with Gasteiger partial charge in [-0.3, -0.25) is 4.90 Å². The van der Waals surface area contributed by atoms with Crippen LogP contribution >= 0.6 is 0 Å². The van der Waals surface area contributed by atoms with Crippen LogP contribution in [0.4, 0.5) is 0 Å². The third kappa shape index (κ3) is 2.77. The van der Waals surface area contributed by atoms with Gasteiger partial charge in [-0.25, -0.2) is 4.79 Å². The molecule has 0 saturated heterocycles. The summed E-state index contributed by atoms with van der Waals surface area (Å²) >= 11 is 0. The lowest BCUT2D eigenvalue weighted by molar-refractivity contribution is 0.158. The molecule has 1 atom stereocenters. The van der Waals surface area contributed by atoms with Crippen LogP contribution in [0.1, 0.15) is 28.3 Å². The fourth-order valence-corrected chi connectivity index (χ4v) is 5.28. The molecule has 5 nitrogen and oxygen atoms in total. The molecule has 3 heterocycles. The molecule has 0 amide bonds. The molecule has 0 fully saturated rings. The molecule has 5 heteroatoms. The van der Waals surface area contributed by atoms with Gasteiger partial charge in [0.25, 0.3) is 0 Å². The van der Waals surface area contributed by atoms with Gasteiger partial charge in [0.15, 0.2) is 11.5 Å². The average molecular weight is 413 g/mol.